The first-order valence-electron chi connectivity index (χ1n) is 6.96. The first-order valence-corrected chi connectivity index (χ1v) is 8.15. The van der Waals surface area contributed by atoms with Crippen molar-refractivity contribution in [2.75, 3.05) is 11.1 Å². The lowest BCUT2D eigenvalue weighted by Gasteiger charge is -2.08. The normalized spacial score (nSPS) is 10.7. The van der Waals surface area contributed by atoms with Gasteiger partial charge in [0.25, 0.3) is 5.91 Å². The molecule has 0 spiro atoms. The van der Waals surface area contributed by atoms with Crippen LogP contribution in [0.4, 0.5) is 10.7 Å². The van der Waals surface area contributed by atoms with Crippen LogP contribution >= 0.6 is 22.9 Å². The molecule has 1 heterocycles. The number of nitrogens with two attached hydrogens (primary N) is 1. The molecule has 0 aliphatic heterocycles. The molecule has 5 nitrogen and oxygen atoms in total. The average Bonchev–Trinajstić information content (AvgIpc) is 2.76. The van der Waals surface area contributed by atoms with Crippen molar-refractivity contribution in [2.45, 2.75) is 26.9 Å². The molecule has 1 aromatic carbocycles. The molecule has 1 aromatic heterocycles. The number of ether oxygens (including phenoxy) is 1. The van der Waals surface area contributed by atoms with Crippen LogP contribution in [0.2, 0.25) is 5.02 Å². The quantitative estimate of drug-likeness (QED) is 0.811. The summed E-state index contributed by atoms with van der Waals surface area (Å²) in [5.74, 6) is -0.845. The highest BCUT2D eigenvalue weighted by Gasteiger charge is 2.24. The maximum absolute atomic E-state index is 12.4. The van der Waals surface area contributed by atoms with Crippen LogP contribution in [-0.2, 0) is 4.74 Å². The Kier molecular flexibility index (Phi) is 5.28. The van der Waals surface area contributed by atoms with Gasteiger partial charge in [0.05, 0.1) is 16.5 Å². The van der Waals surface area contributed by atoms with Gasteiger partial charge < -0.3 is 15.8 Å². The molecule has 0 atom stereocenters. The molecular weight excluding hydrogens is 336 g/mol. The third kappa shape index (κ3) is 4.03. The molecule has 0 aliphatic rings. The predicted molar refractivity (Wildman–Crippen MR) is 93.4 cm³/mol. The van der Waals surface area contributed by atoms with Gasteiger partial charge in [-0.1, -0.05) is 11.6 Å². The number of carbonyl (C=O) groups is 2. The summed E-state index contributed by atoms with van der Waals surface area (Å²) in [6.07, 6.45) is -0.257. The second kappa shape index (κ2) is 7.02. The lowest BCUT2D eigenvalue weighted by molar-refractivity contribution is 0.0379. The SMILES string of the molecule is Cc1c(C(=O)Nc2ccc(Cl)cc2)sc(N)c1C(=O)OC(C)C. The molecule has 7 heteroatoms. The second-order valence-electron chi connectivity index (χ2n) is 5.21. The number of esters is 1. The molecule has 3 N–H and O–H groups in total. The molecule has 0 saturated heterocycles. The summed E-state index contributed by atoms with van der Waals surface area (Å²) in [5.41, 5.74) is 7.27. The zero-order valence-electron chi connectivity index (χ0n) is 13.0. The van der Waals surface area contributed by atoms with Crippen molar-refractivity contribution in [3.05, 3.63) is 45.3 Å². The monoisotopic (exact) mass is 352 g/mol. The summed E-state index contributed by atoms with van der Waals surface area (Å²) >= 11 is 6.88. The Morgan fingerprint density at radius 3 is 2.43 bits per heavy atom. The Labute approximate surface area is 143 Å². The van der Waals surface area contributed by atoms with Gasteiger partial charge in [-0.25, -0.2) is 4.79 Å². The molecule has 0 bridgehead atoms. The van der Waals surface area contributed by atoms with Crippen molar-refractivity contribution in [1.29, 1.82) is 0 Å². The fourth-order valence-corrected chi connectivity index (χ4v) is 3.08. The molecule has 1 amide bonds. The van der Waals surface area contributed by atoms with Crippen LogP contribution < -0.4 is 11.1 Å². The van der Waals surface area contributed by atoms with E-state index in [-0.39, 0.29) is 22.6 Å². The Hall–Kier alpha value is -2.05. The van der Waals surface area contributed by atoms with Crippen molar-refractivity contribution in [3.8, 4) is 0 Å². The number of nitrogen functional groups attached to an aromatic ring is 1. The lowest BCUT2D eigenvalue weighted by atomic mass is 10.1. The largest absolute Gasteiger partial charge is 0.459 e. The van der Waals surface area contributed by atoms with E-state index in [4.69, 9.17) is 22.1 Å². The number of nitrogens with one attached hydrogen (secondary N) is 1. The Bertz CT molecular complexity index is 739. The van der Waals surface area contributed by atoms with E-state index in [1.165, 1.54) is 0 Å². The summed E-state index contributed by atoms with van der Waals surface area (Å²) in [7, 11) is 0. The van der Waals surface area contributed by atoms with E-state index in [2.05, 4.69) is 5.32 Å². The number of halogens is 1. The van der Waals surface area contributed by atoms with Gasteiger partial charge in [-0.15, -0.1) is 11.3 Å². The fraction of sp³-hybridized carbons (Fsp3) is 0.250. The highest BCUT2D eigenvalue weighted by Crippen LogP contribution is 2.32. The van der Waals surface area contributed by atoms with Crippen molar-refractivity contribution >= 4 is 45.5 Å². The number of benzene rings is 1. The van der Waals surface area contributed by atoms with E-state index in [0.717, 1.165) is 11.3 Å². The van der Waals surface area contributed by atoms with Gasteiger partial charge in [-0.3, -0.25) is 4.79 Å². The van der Waals surface area contributed by atoms with E-state index in [1.54, 1.807) is 45.0 Å². The van der Waals surface area contributed by atoms with Crippen molar-refractivity contribution in [2.24, 2.45) is 0 Å². The maximum atomic E-state index is 12.4. The third-order valence-corrected chi connectivity index (χ3v) is 4.40. The number of amides is 1. The molecule has 2 aromatic rings. The maximum Gasteiger partial charge on any atom is 0.341 e. The molecule has 0 unspecified atom stereocenters. The number of rotatable bonds is 4. The van der Waals surface area contributed by atoms with E-state index in [0.29, 0.717) is 21.2 Å². The Morgan fingerprint density at radius 2 is 1.87 bits per heavy atom. The van der Waals surface area contributed by atoms with Crippen LogP contribution in [-0.4, -0.2) is 18.0 Å². The highest BCUT2D eigenvalue weighted by atomic mass is 35.5. The van der Waals surface area contributed by atoms with E-state index >= 15 is 0 Å². The van der Waals surface area contributed by atoms with Crippen LogP contribution in [0.1, 0.15) is 39.4 Å². The topological polar surface area (TPSA) is 81.4 Å². The molecule has 23 heavy (non-hydrogen) atoms. The lowest BCUT2D eigenvalue weighted by Crippen LogP contribution is -2.15. The molecule has 0 fully saturated rings. The third-order valence-electron chi connectivity index (χ3n) is 3.03. The van der Waals surface area contributed by atoms with Crippen LogP contribution in [0.15, 0.2) is 24.3 Å². The van der Waals surface area contributed by atoms with E-state index < -0.39 is 5.97 Å². The van der Waals surface area contributed by atoms with E-state index in [9.17, 15) is 9.59 Å². The highest BCUT2D eigenvalue weighted by molar-refractivity contribution is 7.18. The molecular formula is C16H17ClN2O3S. The van der Waals surface area contributed by atoms with Crippen LogP contribution in [0.5, 0.6) is 0 Å². The zero-order chi connectivity index (χ0) is 17.1. The van der Waals surface area contributed by atoms with Crippen LogP contribution in [0, 0.1) is 6.92 Å². The summed E-state index contributed by atoms with van der Waals surface area (Å²) in [4.78, 5) is 24.9. The van der Waals surface area contributed by atoms with Crippen molar-refractivity contribution in [3.63, 3.8) is 0 Å². The second-order valence-corrected chi connectivity index (χ2v) is 6.70. The number of hydrogen-bond donors (Lipinski definition) is 2. The van der Waals surface area contributed by atoms with Gasteiger partial charge in [0, 0.05) is 10.7 Å². The first-order chi connectivity index (χ1) is 10.8. The minimum Gasteiger partial charge on any atom is -0.459 e. The van der Waals surface area contributed by atoms with Gasteiger partial charge in [0.2, 0.25) is 0 Å². The molecule has 0 aliphatic carbocycles. The number of thiophene rings is 1. The Balaban J connectivity index is 2.24. The van der Waals surface area contributed by atoms with Gasteiger partial charge in [0.1, 0.15) is 5.00 Å². The molecule has 0 radical (unpaired) electrons. The Morgan fingerprint density at radius 1 is 1.26 bits per heavy atom. The zero-order valence-corrected chi connectivity index (χ0v) is 14.5. The standard InChI is InChI=1S/C16H17ClN2O3S/c1-8(2)22-16(21)12-9(3)13(23-14(12)18)15(20)19-11-6-4-10(17)5-7-11/h4-8H,18H2,1-3H3,(H,19,20). The molecule has 2 rings (SSSR count). The fourth-order valence-electron chi connectivity index (χ4n) is 2.00. The summed E-state index contributed by atoms with van der Waals surface area (Å²) in [6, 6.07) is 6.75. The smallest absolute Gasteiger partial charge is 0.341 e. The summed E-state index contributed by atoms with van der Waals surface area (Å²) < 4.78 is 5.16. The predicted octanol–water partition coefficient (Wildman–Crippen LogP) is 4.11. The van der Waals surface area contributed by atoms with Gasteiger partial charge in [-0.05, 0) is 50.6 Å². The molecule has 0 saturated carbocycles. The summed E-state index contributed by atoms with van der Waals surface area (Å²) in [6.45, 7) is 5.19. The summed E-state index contributed by atoms with van der Waals surface area (Å²) in [5, 5.41) is 3.61. The number of carbonyl (C=O) groups excluding carboxylic acids is 2. The minimum atomic E-state index is -0.517. The average molecular weight is 353 g/mol. The van der Waals surface area contributed by atoms with E-state index in [1.807, 2.05) is 0 Å². The minimum absolute atomic E-state index is 0.255. The first kappa shape index (κ1) is 17.3. The van der Waals surface area contributed by atoms with Gasteiger partial charge >= 0.3 is 5.97 Å². The van der Waals surface area contributed by atoms with Crippen molar-refractivity contribution in [1.82, 2.24) is 0 Å². The van der Waals surface area contributed by atoms with Crippen molar-refractivity contribution < 1.29 is 14.3 Å². The van der Waals surface area contributed by atoms with Gasteiger partial charge in [-0.2, -0.15) is 0 Å². The van der Waals surface area contributed by atoms with Gasteiger partial charge in [0.15, 0.2) is 0 Å². The number of hydrogen-bond acceptors (Lipinski definition) is 5. The molecule has 122 valence electrons. The number of anilines is 2. The van der Waals surface area contributed by atoms with Crippen LogP contribution in [0.3, 0.4) is 0 Å². The van der Waals surface area contributed by atoms with Crippen LogP contribution in [0.25, 0.3) is 0 Å².